The Kier molecular flexibility index (Phi) is 5.91. The molecule has 0 aliphatic heterocycles. The van der Waals surface area contributed by atoms with Gasteiger partial charge in [0.25, 0.3) is 0 Å². The van der Waals surface area contributed by atoms with E-state index < -0.39 is 0 Å². The van der Waals surface area contributed by atoms with Crippen LogP contribution in [0.15, 0.2) is 42.5 Å². The first-order valence-corrected chi connectivity index (χ1v) is 9.44. The van der Waals surface area contributed by atoms with Gasteiger partial charge in [-0.05, 0) is 47.0 Å². The quantitative estimate of drug-likeness (QED) is 0.312. The molecule has 0 amide bonds. The average molecular weight is 338 g/mol. The van der Waals surface area contributed by atoms with Gasteiger partial charge in [-0.15, -0.1) is 0 Å². The summed E-state index contributed by atoms with van der Waals surface area (Å²) in [5.41, 5.74) is 1.21. The molecule has 0 radical (unpaired) electrons. The van der Waals surface area contributed by atoms with E-state index in [0.717, 1.165) is 34.4 Å². The highest BCUT2D eigenvalue weighted by atomic mass is 19.1. The number of aryl methyl sites for hydroxylation is 1. The van der Waals surface area contributed by atoms with Crippen LogP contribution in [-0.2, 0) is 0 Å². The normalized spacial score (nSPS) is 11.3. The van der Waals surface area contributed by atoms with E-state index in [-0.39, 0.29) is 5.82 Å². The Labute approximate surface area is 149 Å². The first kappa shape index (κ1) is 17.7. The maximum absolute atomic E-state index is 14.5. The zero-order valence-corrected chi connectivity index (χ0v) is 15.3. The highest BCUT2D eigenvalue weighted by Gasteiger charge is 2.09. The van der Waals surface area contributed by atoms with Crippen LogP contribution in [0.1, 0.15) is 51.0 Å². The Morgan fingerprint density at radius 3 is 2.32 bits per heavy atom. The Morgan fingerprint density at radius 1 is 0.800 bits per heavy atom. The van der Waals surface area contributed by atoms with Crippen molar-refractivity contribution in [2.75, 3.05) is 6.61 Å². The van der Waals surface area contributed by atoms with Crippen LogP contribution in [0.5, 0.6) is 5.75 Å². The highest BCUT2D eigenvalue weighted by Crippen LogP contribution is 2.31. The van der Waals surface area contributed by atoms with Crippen LogP contribution in [0.2, 0.25) is 0 Å². The minimum absolute atomic E-state index is 0.272. The molecule has 0 aromatic heterocycles. The number of fused-ring (bicyclic) bond motifs is 3. The molecule has 3 aromatic rings. The summed E-state index contributed by atoms with van der Waals surface area (Å²) in [6.45, 7) is 4.88. The van der Waals surface area contributed by atoms with E-state index in [1.807, 2.05) is 12.1 Å². The van der Waals surface area contributed by atoms with Crippen molar-refractivity contribution in [3.05, 3.63) is 53.8 Å². The molecule has 0 unspecified atom stereocenters. The van der Waals surface area contributed by atoms with Crippen molar-refractivity contribution in [2.45, 2.75) is 52.4 Å². The molecule has 0 saturated carbocycles. The summed E-state index contributed by atoms with van der Waals surface area (Å²) < 4.78 is 20.2. The number of unbranched alkanes of at least 4 members (excludes halogenated alkanes) is 5. The molecular formula is C23H27FO. The fourth-order valence-corrected chi connectivity index (χ4v) is 3.36. The summed E-state index contributed by atoms with van der Waals surface area (Å²) in [4.78, 5) is 0. The molecule has 0 bridgehead atoms. The molecule has 2 heteroatoms. The van der Waals surface area contributed by atoms with Crippen LogP contribution >= 0.6 is 0 Å². The first-order chi connectivity index (χ1) is 12.2. The minimum Gasteiger partial charge on any atom is -0.490 e. The Hall–Kier alpha value is -2.09. The van der Waals surface area contributed by atoms with Crippen molar-refractivity contribution in [2.24, 2.45) is 0 Å². The van der Waals surface area contributed by atoms with E-state index in [1.54, 1.807) is 6.07 Å². The van der Waals surface area contributed by atoms with Crippen molar-refractivity contribution < 1.29 is 9.13 Å². The van der Waals surface area contributed by atoms with Gasteiger partial charge in [0.1, 0.15) is 0 Å². The number of hydrogen-bond acceptors (Lipinski definition) is 1. The first-order valence-electron chi connectivity index (χ1n) is 9.44. The summed E-state index contributed by atoms with van der Waals surface area (Å²) in [5, 5.41) is 4.20. The van der Waals surface area contributed by atoms with Crippen LogP contribution < -0.4 is 4.74 Å². The molecule has 0 saturated heterocycles. The Bertz CT molecular complexity index is 853. The third-order valence-electron chi connectivity index (χ3n) is 4.80. The fraction of sp³-hybridized carbons (Fsp3) is 0.391. The van der Waals surface area contributed by atoms with Gasteiger partial charge in [0, 0.05) is 0 Å². The van der Waals surface area contributed by atoms with Crippen molar-refractivity contribution in [3.8, 4) is 5.75 Å². The number of halogens is 1. The lowest BCUT2D eigenvalue weighted by Crippen LogP contribution is -1.99. The molecule has 1 nitrogen and oxygen atoms in total. The second-order valence-electron chi connectivity index (χ2n) is 6.91. The fourth-order valence-electron chi connectivity index (χ4n) is 3.36. The van der Waals surface area contributed by atoms with Crippen LogP contribution in [-0.4, -0.2) is 6.61 Å². The van der Waals surface area contributed by atoms with Crippen molar-refractivity contribution in [1.82, 2.24) is 0 Å². The predicted molar refractivity (Wildman–Crippen MR) is 105 cm³/mol. The maximum Gasteiger partial charge on any atom is 0.165 e. The zero-order valence-electron chi connectivity index (χ0n) is 15.3. The van der Waals surface area contributed by atoms with Gasteiger partial charge in [-0.3, -0.25) is 0 Å². The van der Waals surface area contributed by atoms with Gasteiger partial charge in [0.05, 0.1) is 6.61 Å². The summed E-state index contributed by atoms with van der Waals surface area (Å²) in [5.74, 6) is 0.0964. The SMILES string of the molecule is CCCCCCCCOc1cc2ccc3cc(C)ccc3c2cc1F. The summed E-state index contributed by atoms with van der Waals surface area (Å²) in [7, 11) is 0. The number of hydrogen-bond donors (Lipinski definition) is 0. The van der Waals surface area contributed by atoms with E-state index in [2.05, 4.69) is 38.1 Å². The van der Waals surface area contributed by atoms with Crippen LogP contribution in [0.25, 0.3) is 21.5 Å². The lowest BCUT2D eigenvalue weighted by Gasteiger charge is -2.10. The molecule has 0 heterocycles. The van der Waals surface area contributed by atoms with Gasteiger partial charge >= 0.3 is 0 Å². The molecule has 3 aromatic carbocycles. The van der Waals surface area contributed by atoms with Gasteiger partial charge in [-0.2, -0.15) is 0 Å². The average Bonchev–Trinajstić information content (AvgIpc) is 2.61. The van der Waals surface area contributed by atoms with Gasteiger partial charge < -0.3 is 4.74 Å². The number of benzene rings is 3. The standard InChI is InChI=1S/C23H27FO/c1-3-4-5-6-7-8-13-25-23-15-19-11-10-18-14-17(2)9-12-20(18)21(19)16-22(23)24/h9-12,14-16H,3-8,13H2,1-2H3. The van der Waals surface area contributed by atoms with Gasteiger partial charge in [-0.1, -0.05) is 74.9 Å². The van der Waals surface area contributed by atoms with Crippen molar-refractivity contribution in [1.29, 1.82) is 0 Å². The zero-order chi connectivity index (χ0) is 17.6. The third kappa shape index (κ3) is 4.31. The van der Waals surface area contributed by atoms with Gasteiger partial charge in [0.2, 0.25) is 0 Å². The highest BCUT2D eigenvalue weighted by molar-refractivity contribution is 6.08. The van der Waals surface area contributed by atoms with E-state index in [1.165, 1.54) is 31.2 Å². The van der Waals surface area contributed by atoms with Crippen molar-refractivity contribution in [3.63, 3.8) is 0 Å². The second kappa shape index (κ2) is 8.33. The lowest BCUT2D eigenvalue weighted by molar-refractivity contribution is 0.290. The predicted octanol–water partition coefficient (Wildman–Crippen LogP) is 7.18. The number of rotatable bonds is 8. The molecule has 25 heavy (non-hydrogen) atoms. The molecule has 0 aliphatic carbocycles. The minimum atomic E-state index is -0.272. The monoisotopic (exact) mass is 338 g/mol. The summed E-state index contributed by atoms with van der Waals surface area (Å²) >= 11 is 0. The number of ether oxygens (including phenoxy) is 1. The summed E-state index contributed by atoms with van der Waals surface area (Å²) in [6, 6.07) is 13.9. The molecular weight excluding hydrogens is 311 g/mol. The van der Waals surface area contributed by atoms with E-state index in [9.17, 15) is 4.39 Å². The summed E-state index contributed by atoms with van der Waals surface area (Å²) in [6.07, 6.45) is 7.22. The molecule has 0 aliphatic rings. The van der Waals surface area contributed by atoms with Crippen LogP contribution in [0.4, 0.5) is 4.39 Å². The van der Waals surface area contributed by atoms with E-state index >= 15 is 0 Å². The Morgan fingerprint density at radius 2 is 1.52 bits per heavy atom. The third-order valence-corrected chi connectivity index (χ3v) is 4.80. The molecule has 0 atom stereocenters. The lowest BCUT2D eigenvalue weighted by atomic mass is 10.00. The molecule has 0 fully saturated rings. The smallest absolute Gasteiger partial charge is 0.165 e. The van der Waals surface area contributed by atoms with Crippen molar-refractivity contribution >= 4 is 21.5 Å². The van der Waals surface area contributed by atoms with Crippen LogP contribution in [0.3, 0.4) is 0 Å². The van der Waals surface area contributed by atoms with E-state index in [0.29, 0.717) is 12.4 Å². The maximum atomic E-state index is 14.5. The van der Waals surface area contributed by atoms with Gasteiger partial charge in [0.15, 0.2) is 11.6 Å². The van der Waals surface area contributed by atoms with E-state index in [4.69, 9.17) is 4.74 Å². The Balaban J connectivity index is 1.71. The topological polar surface area (TPSA) is 9.23 Å². The molecule has 0 spiro atoms. The molecule has 132 valence electrons. The van der Waals surface area contributed by atoms with Gasteiger partial charge in [-0.25, -0.2) is 4.39 Å². The largest absolute Gasteiger partial charge is 0.490 e. The molecule has 0 N–H and O–H groups in total. The molecule has 3 rings (SSSR count). The second-order valence-corrected chi connectivity index (χ2v) is 6.91. The van der Waals surface area contributed by atoms with Crippen LogP contribution in [0, 0.1) is 12.7 Å².